The van der Waals surface area contributed by atoms with Crippen LogP contribution in [0.25, 0.3) is 0 Å². The van der Waals surface area contributed by atoms with Crippen LogP contribution in [0.1, 0.15) is 24.5 Å². The van der Waals surface area contributed by atoms with Crippen molar-refractivity contribution in [3.63, 3.8) is 0 Å². The Kier molecular flexibility index (Phi) is 3.76. The molecule has 18 heavy (non-hydrogen) atoms. The first kappa shape index (κ1) is 13.1. The number of thioether (sulfide) groups is 1. The molecule has 0 aromatic heterocycles. The highest BCUT2D eigenvalue weighted by atomic mass is 32.2. The zero-order valence-corrected chi connectivity index (χ0v) is 11.7. The second-order valence-electron chi connectivity index (χ2n) is 4.51. The fraction of sp³-hybridized carbons (Fsp3) is 0.429. The van der Waals surface area contributed by atoms with Crippen LogP contribution in [0.5, 0.6) is 0 Å². The van der Waals surface area contributed by atoms with E-state index in [9.17, 15) is 9.59 Å². The average Bonchev–Trinajstić information content (AvgIpc) is 2.56. The zero-order valence-electron chi connectivity index (χ0n) is 10.9. The first-order valence-electron chi connectivity index (χ1n) is 6.10. The van der Waals surface area contributed by atoms with Gasteiger partial charge in [0.1, 0.15) is 0 Å². The highest BCUT2D eigenvalue weighted by Crippen LogP contribution is 2.31. The molecule has 1 aliphatic rings. The molecule has 0 N–H and O–H groups in total. The molecule has 1 fully saturated rings. The minimum atomic E-state index is -0.205. The Morgan fingerprint density at radius 3 is 2.67 bits per heavy atom. The van der Waals surface area contributed by atoms with E-state index in [4.69, 9.17) is 0 Å². The summed E-state index contributed by atoms with van der Waals surface area (Å²) in [4.78, 5) is 25.6. The lowest BCUT2D eigenvalue weighted by molar-refractivity contribution is -0.121. The molecule has 1 atom stereocenters. The van der Waals surface area contributed by atoms with Crippen molar-refractivity contribution in [1.29, 1.82) is 0 Å². The Morgan fingerprint density at radius 2 is 2.06 bits per heavy atom. The molecule has 2 amide bonds. The van der Waals surface area contributed by atoms with Crippen LogP contribution in [0.15, 0.2) is 18.2 Å². The number of nitrogens with zero attached hydrogens (tertiary/aromatic N) is 1. The lowest BCUT2D eigenvalue weighted by atomic mass is 10.1. The summed E-state index contributed by atoms with van der Waals surface area (Å²) >= 11 is 1.55. The van der Waals surface area contributed by atoms with Gasteiger partial charge in [-0.05, 0) is 31.2 Å². The van der Waals surface area contributed by atoms with E-state index >= 15 is 0 Å². The minimum Gasteiger partial charge on any atom is -0.274 e. The van der Waals surface area contributed by atoms with E-state index in [2.05, 4.69) is 0 Å². The molecule has 0 aliphatic carbocycles. The molecular weight excluding hydrogens is 246 g/mol. The van der Waals surface area contributed by atoms with E-state index in [1.807, 2.05) is 39.0 Å². The number of anilines is 1. The summed E-state index contributed by atoms with van der Waals surface area (Å²) in [5.74, 6) is 0.696. The average molecular weight is 263 g/mol. The highest BCUT2D eigenvalue weighted by Gasteiger charge is 2.39. The Hall–Kier alpha value is -1.29. The Morgan fingerprint density at radius 1 is 1.33 bits per heavy atom. The van der Waals surface area contributed by atoms with Crippen LogP contribution >= 0.6 is 11.8 Å². The molecule has 0 unspecified atom stereocenters. The zero-order chi connectivity index (χ0) is 13.3. The van der Waals surface area contributed by atoms with Gasteiger partial charge in [-0.3, -0.25) is 9.59 Å². The van der Waals surface area contributed by atoms with Crippen LogP contribution < -0.4 is 4.90 Å². The SMILES string of the molecule is CCS[C@@H]1CC(=O)N(c2ccc(C)cc2C)C1=O. The molecule has 1 saturated heterocycles. The number of carbonyl (C=O) groups is 2. The van der Waals surface area contributed by atoms with Crippen molar-refractivity contribution < 1.29 is 9.59 Å². The van der Waals surface area contributed by atoms with E-state index in [0.29, 0.717) is 6.42 Å². The highest BCUT2D eigenvalue weighted by molar-refractivity contribution is 8.00. The monoisotopic (exact) mass is 263 g/mol. The lowest BCUT2D eigenvalue weighted by Crippen LogP contribution is -2.31. The van der Waals surface area contributed by atoms with Crippen molar-refractivity contribution in [2.24, 2.45) is 0 Å². The van der Waals surface area contributed by atoms with E-state index in [-0.39, 0.29) is 17.1 Å². The van der Waals surface area contributed by atoms with Crippen molar-refractivity contribution in [3.8, 4) is 0 Å². The van der Waals surface area contributed by atoms with Crippen LogP contribution in [0.3, 0.4) is 0 Å². The topological polar surface area (TPSA) is 37.4 Å². The summed E-state index contributed by atoms with van der Waals surface area (Å²) in [6.45, 7) is 5.94. The Bertz CT molecular complexity index is 499. The molecule has 96 valence electrons. The van der Waals surface area contributed by atoms with Crippen molar-refractivity contribution >= 4 is 29.3 Å². The van der Waals surface area contributed by atoms with Gasteiger partial charge in [-0.15, -0.1) is 11.8 Å². The maximum atomic E-state index is 12.2. The van der Waals surface area contributed by atoms with Crippen LogP contribution in [-0.2, 0) is 9.59 Å². The number of amides is 2. The Balaban J connectivity index is 2.33. The van der Waals surface area contributed by atoms with E-state index in [1.54, 1.807) is 11.8 Å². The summed E-state index contributed by atoms with van der Waals surface area (Å²) < 4.78 is 0. The predicted octanol–water partition coefficient (Wildman–Crippen LogP) is 2.69. The van der Waals surface area contributed by atoms with Gasteiger partial charge in [0, 0.05) is 6.42 Å². The number of hydrogen-bond donors (Lipinski definition) is 0. The first-order valence-corrected chi connectivity index (χ1v) is 7.15. The number of carbonyl (C=O) groups excluding carboxylic acids is 2. The third-order valence-electron chi connectivity index (χ3n) is 3.07. The summed E-state index contributed by atoms with van der Waals surface area (Å²) in [6.07, 6.45) is 0.324. The van der Waals surface area contributed by atoms with Gasteiger partial charge in [0.15, 0.2) is 0 Å². The Labute approximate surface area is 112 Å². The third kappa shape index (κ3) is 2.29. The summed E-state index contributed by atoms with van der Waals surface area (Å²) in [5.41, 5.74) is 2.84. The molecule has 1 heterocycles. The van der Waals surface area contributed by atoms with Crippen LogP contribution in [0.4, 0.5) is 5.69 Å². The van der Waals surface area contributed by atoms with Gasteiger partial charge < -0.3 is 0 Å². The molecule has 0 radical (unpaired) electrons. The molecular formula is C14H17NO2S. The second kappa shape index (κ2) is 5.14. The molecule has 0 spiro atoms. The number of imide groups is 1. The van der Waals surface area contributed by atoms with Crippen molar-refractivity contribution in [2.75, 3.05) is 10.7 Å². The van der Waals surface area contributed by atoms with Gasteiger partial charge in [-0.2, -0.15) is 0 Å². The minimum absolute atomic E-state index is 0.0706. The lowest BCUT2D eigenvalue weighted by Gasteiger charge is -2.17. The number of hydrogen-bond acceptors (Lipinski definition) is 3. The van der Waals surface area contributed by atoms with Crippen LogP contribution in [0, 0.1) is 13.8 Å². The van der Waals surface area contributed by atoms with Gasteiger partial charge in [0.05, 0.1) is 10.9 Å². The molecule has 3 nitrogen and oxygen atoms in total. The maximum absolute atomic E-state index is 12.2. The third-order valence-corrected chi connectivity index (χ3v) is 4.17. The molecule has 1 aliphatic heterocycles. The molecule has 0 saturated carbocycles. The molecule has 1 aromatic carbocycles. The van der Waals surface area contributed by atoms with E-state index < -0.39 is 0 Å². The number of rotatable bonds is 3. The normalized spacial score (nSPS) is 19.7. The van der Waals surface area contributed by atoms with Gasteiger partial charge >= 0.3 is 0 Å². The van der Waals surface area contributed by atoms with E-state index in [0.717, 1.165) is 22.6 Å². The standard InChI is InChI=1S/C14H17NO2S/c1-4-18-12-8-13(16)15(14(12)17)11-6-5-9(2)7-10(11)3/h5-7,12H,4,8H2,1-3H3/t12-/m1/s1. The first-order chi connectivity index (χ1) is 8.54. The van der Waals surface area contributed by atoms with Crippen molar-refractivity contribution in [1.82, 2.24) is 0 Å². The maximum Gasteiger partial charge on any atom is 0.247 e. The van der Waals surface area contributed by atoms with Gasteiger partial charge in [-0.1, -0.05) is 24.6 Å². The summed E-state index contributed by atoms with van der Waals surface area (Å²) in [7, 11) is 0. The molecule has 0 bridgehead atoms. The fourth-order valence-electron chi connectivity index (χ4n) is 2.24. The number of benzene rings is 1. The van der Waals surface area contributed by atoms with Gasteiger partial charge in [0.25, 0.3) is 0 Å². The molecule has 2 rings (SSSR count). The molecule has 1 aromatic rings. The van der Waals surface area contributed by atoms with Gasteiger partial charge in [-0.25, -0.2) is 4.90 Å². The van der Waals surface area contributed by atoms with Crippen molar-refractivity contribution in [3.05, 3.63) is 29.3 Å². The predicted molar refractivity (Wildman–Crippen MR) is 74.9 cm³/mol. The second-order valence-corrected chi connectivity index (χ2v) is 5.99. The quantitative estimate of drug-likeness (QED) is 0.787. The fourth-order valence-corrected chi connectivity index (χ4v) is 3.16. The molecule has 4 heteroatoms. The van der Waals surface area contributed by atoms with Crippen LogP contribution in [-0.4, -0.2) is 22.8 Å². The number of aryl methyl sites for hydroxylation is 2. The smallest absolute Gasteiger partial charge is 0.247 e. The van der Waals surface area contributed by atoms with Gasteiger partial charge in [0.2, 0.25) is 11.8 Å². The van der Waals surface area contributed by atoms with E-state index in [1.165, 1.54) is 4.90 Å². The largest absolute Gasteiger partial charge is 0.274 e. The summed E-state index contributed by atoms with van der Waals surface area (Å²) in [5, 5.41) is -0.205. The van der Waals surface area contributed by atoms with Crippen molar-refractivity contribution in [2.45, 2.75) is 32.4 Å². The van der Waals surface area contributed by atoms with Crippen LogP contribution in [0.2, 0.25) is 0 Å². The summed E-state index contributed by atoms with van der Waals surface area (Å²) in [6, 6.07) is 5.79.